The van der Waals surface area contributed by atoms with E-state index in [2.05, 4.69) is 16.4 Å². The van der Waals surface area contributed by atoms with Crippen LogP contribution in [-0.4, -0.2) is 23.0 Å². The highest BCUT2D eigenvalue weighted by atomic mass is 35.5. The number of hydrogen-bond acceptors (Lipinski definition) is 4. The molecule has 3 atom stereocenters. The Morgan fingerprint density at radius 1 is 1.42 bits per heavy atom. The highest BCUT2D eigenvalue weighted by Gasteiger charge is 2.47. The summed E-state index contributed by atoms with van der Waals surface area (Å²) in [7, 11) is 1.57. The Hall–Kier alpha value is -2.42. The zero-order valence-electron chi connectivity index (χ0n) is 14.7. The predicted octanol–water partition coefficient (Wildman–Crippen LogP) is 3.37. The number of aromatic nitrogens is 1. The molecule has 6 heteroatoms. The minimum atomic E-state index is -1.06. The molecule has 1 amide bonds. The number of aliphatic hydroxyl groups is 1. The van der Waals surface area contributed by atoms with Crippen molar-refractivity contribution in [2.24, 2.45) is 5.92 Å². The van der Waals surface area contributed by atoms with Crippen LogP contribution >= 0.6 is 11.6 Å². The molecule has 134 valence electrons. The second-order valence-electron chi connectivity index (χ2n) is 6.72. The van der Waals surface area contributed by atoms with E-state index in [4.69, 9.17) is 16.9 Å². The van der Waals surface area contributed by atoms with Crippen LogP contribution in [0.5, 0.6) is 0 Å². The van der Waals surface area contributed by atoms with Gasteiger partial charge in [0, 0.05) is 13.2 Å². The third kappa shape index (κ3) is 3.07. The SMILES string of the molecule is CNC(=O)c1ccc([C@]2(O)CCC(c3ccc(C#N)c(Cl)c3)[C@H]2C)nc1. The van der Waals surface area contributed by atoms with Crippen LogP contribution in [0.4, 0.5) is 0 Å². The maximum absolute atomic E-state index is 11.7. The highest BCUT2D eigenvalue weighted by molar-refractivity contribution is 6.31. The second kappa shape index (κ2) is 7.06. The van der Waals surface area contributed by atoms with Gasteiger partial charge in [0.05, 0.1) is 21.8 Å². The molecule has 2 aromatic rings. The summed E-state index contributed by atoms with van der Waals surface area (Å²) in [6.45, 7) is 2.00. The van der Waals surface area contributed by atoms with Gasteiger partial charge < -0.3 is 10.4 Å². The van der Waals surface area contributed by atoms with Crippen LogP contribution in [0.25, 0.3) is 0 Å². The van der Waals surface area contributed by atoms with Crippen molar-refractivity contribution in [3.63, 3.8) is 0 Å². The summed E-state index contributed by atoms with van der Waals surface area (Å²) in [6.07, 6.45) is 2.85. The Balaban J connectivity index is 1.87. The summed E-state index contributed by atoms with van der Waals surface area (Å²) in [5, 5.41) is 23.3. The van der Waals surface area contributed by atoms with Gasteiger partial charge in [0.1, 0.15) is 11.7 Å². The van der Waals surface area contributed by atoms with Crippen molar-refractivity contribution < 1.29 is 9.90 Å². The number of carbonyl (C=O) groups is 1. The molecule has 1 aliphatic carbocycles. The van der Waals surface area contributed by atoms with Gasteiger partial charge in [-0.3, -0.25) is 9.78 Å². The Kier molecular flexibility index (Phi) is 4.99. The first-order chi connectivity index (χ1) is 12.4. The van der Waals surface area contributed by atoms with Crippen molar-refractivity contribution in [3.8, 4) is 6.07 Å². The minimum absolute atomic E-state index is 0.0788. The van der Waals surface area contributed by atoms with Crippen molar-refractivity contribution in [1.82, 2.24) is 10.3 Å². The maximum atomic E-state index is 11.7. The molecule has 0 saturated heterocycles. The first-order valence-electron chi connectivity index (χ1n) is 8.51. The number of nitriles is 1. The molecule has 0 bridgehead atoms. The average molecular weight is 370 g/mol. The van der Waals surface area contributed by atoms with E-state index in [0.29, 0.717) is 28.3 Å². The lowest BCUT2D eigenvalue weighted by Gasteiger charge is -2.30. The van der Waals surface area contributed by atoms with Crippen LogP contribution < -0.4 is 5.32 Å². The molecule has 5 nitrogen and oxygen atoms in total. The summed E-state index contributed by atoms with van der Waals surface area (Å²) < 4.78 is 0. The summed E-state index contributed by atoms with van der Waals surface area (Å²) in [5.41, 5.74) is 1.43. The minimum Gasteiger partial charge on any atom is -0.383 e. The fourth-order valence-electron chi connectivity index (χ4n) is 3.78. The molecule has 3 rings (SSSR count). The van der Waals surface area contributed by atoms with Crippen LogP contribution in [0.3, 0.4) is 0 Å². The van der Waals surface area contributed by atoms with Gasteiger partial charge in [0.25, 0.3) is 5.91 Å². The largest absolute Gasteiger partial charge is 0.383 e. The fourth-order valence-corrected chi connectivity index (χ4v) is 4.02. The predicted molar refractivity (Wildman–Crippen MR) is 98.8 cm³/mol. The number of nitrogens with zero attached hydrogens (tertiary/aromatic N) is 2. The third-order valence-electron chi connectivity index (χ3n) is 5.43. The summed E-state index contributed by atoms with van der Waals surface area (Å²) in [5.74, 6) is -0.170. The summed E-state index contributed by atoms with van der Waals surface area (Å²) in [4.78, 5) is 16.0. The third-order valence-corrected chi connectivity index (χ3v) is 5.74. The van der Waals surface area contributed by atoms with Gasteiger partial charge in [-0.15, -0.1) is 0 Å². The first-order valence-corrected chi connectivity index (χ1v) is 8.89. The Morgan fingerprint density at radius 2 is 2.19 bits per heavy atom. The molecular formula is C20H20ClN3O2. The highest BCUT2D eigenvalue weighted by Crippen LogP contribution is 2.51. The second-order valence-corrected chi connectivity index (χ2v) is 7.13. The molecule has 1 unspecified atom stereocenters. The molecule has 2 N–H and O–H groups in total. The maximum Gasteiger partial charge on any atom is 0.252 e. The molecule has 0 spiro atoms. The zero-order chi connectivity index (χ0) is 18.9. The first kappa shape index (κ1) is 18.4. The molecule has 1 aliphatic rings. The monoisotopic (exact) mass is 369 g/mol. The number of amides is 1. The van der Waals surface area contributed by atoms with Crippen molar-refractivity contribution >= 4 is 17.5 Å². The van der Waals surface area contributed by atoms with Crippen molar-refractivity contribution in [3.05, 3.63) is 63.9 Å². The van der Waals surface area contributed by atoms with Crippen molar-refractivity contribution in [1.29, 1.82) is 5.26 Å². The number of carbonyl (C=O) groups excluding carboxylic acids is 1. The van der Waals surface area contributed by atoms with Crippen LogP contribution in [0.15, 0.2) is 36.5 Å². The number of nitrogens with one attached hydrogen (secondary N) is 1. The van der Waals surface area contributed by atoms with E-state index >= 15 is 0 Å². The molecule has 0 aliphatic heterocycles. The van der Waals surface area contributed by atoms with Crippen molar-refractivity contribution in [2.45, 2.75) is 31.3 Å². The van der Waals surface area contributed by atoms with E-state index in [1.165, 1.54) is 6.20 Å². The number of hydrogen-bond donors (Lipinski definition) is 2. The lowest BCUT2D eigenvalue weighted by molar-refractivity contribution is -0.00313. The molecular weight excluding hydrogens is 350 g/mol. The van der Waals surface area contributed by atoms with E-state index in [1.54, 1.807) is 25.2 Å². The van der Waals surface area contributed by atoms with E-state index in [0.717, 1.165) is 12.0 Å². The van der Waals surface area contributed by atoms with Gasteiger partial charge >= 0.3 is 0 Å². The fraction of sp³-hybridized carbons (Fsp3) is 0.350. The molecule has 1 saturated carbocycles. The van der Waals surface area contributed by atoms with Gasteiger partial charge in [-0.2, -0.15) is 5.26 Å². The Labute approximate surface area is 157 Å². The van der Waals surface area contributed by atoms with Gasteiger partial charge in [-0.25, -0.2) is 0 Å². The smallest absolute Gasteiger partial charge is 0.252 e. The van der Waals surface area contributed by atoms with Gasteiger partial charge in [-0.1, -0.05) is 24.6 Å². The van der Waals surface area contributed by atoms with Gasteiger partial charge in [0.2, 0.25) is 0 Å². The summed E-state index contributed by atoms with van der Waals surface area (Å²) >= 11 is 6.17. The average Bonchev–Trinajstić information content (AvgIpc) is 2.97. The molecule has 1 heterocycles. The van der Waals surface area contributed by atoms with Crippen LogP contribution in [0.2, 0.25) is 5.02 Å². The topological polar surface area (TPSA) is 86.0 Å². The quantitative estimate of drug-likeness (QED) is 0.868. The van der Waals surface area contributed by atoms with Crippen LogP contribution in [0, 0.1) is 17.2 Å². The van der Waals surface area contributed by atoms with E-state index in [9.17, 15) is 9.90 Å². The standard InChI is InChI=1S/C20H20ClN3O2/c1-12-16(13-3-4-14(10-22)17(21)9-13)7-8-20(12,26)18-6-5-15(11-24-18)19(25)23-2/h3-6,9,11-12,16,26H,7-8H2,1-2H3,(H,23,25)/t12-,16?,20+/m1/s1. The molecule has 1 aromatic carbocycles. The van der Waals surface area contributed by atoms with Crippen LogP contribution in [0.1, 0.15) is 52.9 Å². The van der Waals surface area contributed by atoms with E-state index < -0.39 is 5.60 Å². The van der Waals surface area contributed by atoms with Crippen LogP contribution in [-0.2, 0) is 5.60 Å². The normalized spacial score (nSPS) is 24.9. The lowest BCUT2D eigenvalue weighted by atomic mass is 9.81. The van der Waals surface area contributed by atoms with E-state index in [1.807, 2.05) is 19.1 Å². The van der Waals surface area contributed by atoms with E-state index in [-0.39, 0.29) is 17.7 Å². The number of halogens is 1. The molecule has 26 heavy (non-hydrogen) atoms. The zero-order valence-corrected chi connectivity index (χ0v) is 15.4. The lowest BCUT2D eigenvalue weighted by Crippen LogP contribution is -2.31. The van der Waals surface area contributed by atoms with Gasteiger partial charge in [-0.05, 0) is 54.5 Å². The number of benzene rings is 1. The Bertz CT molecular complexity index is 876. The summed E-state index contributed by atoms with van der Waals surface area (Å²) in [6, 6.07) is 10.9. The Morgan fingerprint density at radius 3 is 2.77 bits per heavy atom. The number of pyridine rings is 1. The van der Waals surface area contributed by atoms with Crippen molar-refractivity contribution in [2.75, 3.05) is 7.05 Å². The number of rotatable bonds is 3. The molecule has 1 aromatic heterocycles. The molecule has 1 fully saturated rings. The van der Waals surface area contributed by atoms with Gasteiger partial charge in [0.15, 0.2) is 0 Å². The molecule has 0 radical (unpaired) electrons.